The fraction of sp³-hybridized carbons (Fsp3) is 0.400. The highest BCUT2D eigenvalue weighted by Crippen LogP contribution is 2.35. The SMILES string of the molecule is CCCNc1cc(OC)c(Br)cc1[N+](=O)[O-]. The summed E-state index contributed by atoms with van der Waals surface area (Å²) in [5.41, 5.74) is 0.521. The Kier molecular flexibility index (Phi) is 4.54. The summed E-state index contributed by atoms with van der Waals surface area (Å²) in [5.74, 6) is 0.573. The normalized spacial score (nSPS) is 9.94. The van der Waals surface area contributed by atoms with Crippen molar-refractivity contribution in [2.45, 2.75) is 13.3 Å². The largest absolute Gasteiger partial charge is 0.495 e. The summed E-state index contributed by atoms with van der Waals surface area (Å²) in [6.07, 6.45) is 0.898. The molecule has 0 spiro atoms. The van der Waals surface area contributed by atoms with Gasteiger partial charge in [-0.3, -0.25) is 10.1 Å². The van der Waals surface area contributed by atoms with Crippen LogP contribution in [0.5, 0.6) is 5.75 Å². The number of halogens is 1. The van der Waals surface area contributed by atoms with Crippen LogP contribution in [0.1, 0.15) is 13.3 Å². The average Bonchev–Trinajstić information content (AvgIpc) is 2.26. The van der Waals surface area contributed by atoms with E-state index in [2.05, 4.69) is 21.2 Å². The smallest absolute Gasteiger partial charge is 0.293 e. The van der Waals surface area contributed by atoms with E-state index in [-0.39, 0.29) is 5.69 Å². The van der Waals surface area contributed by atoms with E-state index < -0.39 is 4.92 Å². The molecule has 5 nitrogen and oxygen atoms in total. The second kappa shape index (κ2) is 5.69. The molecule has 1 aromatic carbocycles. The van der Waals surface area contributed by atoms with Crippen molar-refractivity contribution in [1.29, 1.82) is 0 Å². The van der Waals surface area contributed by atoms with E-state index in [1.807, 2.05) is 6.92 Å². The molecular weight excluding hydrogens is 276 g/mol. The number of nitro benzene ring substituents is 1. The predicted molar refractivity (Wildman–Crippen MR) is 66.1 cm³/mol. The fourth-order valence-corrected chi connectivity index (χ4v) is 1.74. The summed E-state index contributed by atoms with van der Waals surface area (Å²) in [6, 6.07) is 3.06. The van der Waals surface area contributed by atoms with Crippen molar-refractivity contribution in [3.8, 4) is 5.75 Å². The van der Waals surface area contributed by atoms with Gasteiger partial charge < -0.3 is 10.1 Å². The number of ether oxygens (including phenoxy) is 1. The molecule has 0 bridgehead atoms. The molecule has 0 aromatic heterocycles. The number of methoxy groups -OCH3 is 1. The van der Waals surface area contributed by atoms with Gasteiger partial charge >= 0.3 is 0 Å². The Morgan fingerprint density at radius 3 is 2.75 bits per heavy atom. The van der Waals surface area contributed by atoms with Gasteiger partial charge in [0, 0.05) is 18.7 Å². The van der Waals surface area contributed by atoms with Crippen LogP contribution < -0.4 is 10.1 Å². The van der Waals surface area contributed by atoms with E-state index >= 15 is 0 Å². The highest BCUT2D eigenvalue weighted by atomic mass is 79.9. The number of hydrogen-bond acceptors (Lipinski definition) is 4. The molecule has 0 aliphatic rings. The molecule has 0 unspecified atom stereocenters. The lowest BCUT2D eigenvalue weighted by atomic mass is 10.2. The third-order valence-electron chi connectivity index (χ3n) is 2.03. The van der Waals surface area contributed by atoms with Gasteiger partial charge in [0.1, 0.15) is 11.4 Å². The quantitative estimate of drug-likeness (QED) is 0.668. The van der Waals surface area contributed by atoms with E-state index in [0.717, 1.165) is 6.42 Å². The minimum atomic E-state index is -0.414. The summed E-state index contributed by atoms with van der Waals surface area (Å²) in [6.45, 7) is 2.68. The molecule has 16 heavy (non-hydrogen) atoms. The molecule has 88 valence electrons. The van der Waals surface area contributed by atoms with Gasteiger partial charge in [0.05, 0.1) is 16.5 Å². The van der Waals surface area contributed by atoms with Crippen LogP contribution in [0.4, 0.5) is 11.4 Å². The van der Waals surface area contributed by atoms with Crippen molar-refractivity contribution in [2.75, 3.05) is 19.0 Å². The number of nitrogens with zero attached hydrogens (tertiary/aromatic N) is 1. The Labute approximate surface area is 102 Å². The summed E-state index contributed by atoms with van der Waals surface area (Å²) >= 11 is 3.22. The van der Waals surface area contributed by atoms with Crippen LogP contribution >= 0.6 is 15.9 Å². The number of hydrogen-bond donors (Lipinski definition) is 1. The Bertz CT molecular complexity index is 396. The van der Waals surface area contributed by atoms with Gasteiger partial charge in [0.25, 0.3) is 5.69 Å². The van der Waals surface area contributed by atoms with Crippen molar-refractivity contribution < 1.29 is 9.66 Å². The molecule has 0 saturated carbocycles. The third-order valence-corrected chi connectivity index (χ3v) is 2.65. The van der Waals surface area contributed by atoms with E-state index in [9.17, 15) is 10.1 Å². The van der Waals surface area contributed by atoms with Crippen LogP contribution in [0.15, 0.2) is 16.6 Å². The number of benzene rings is 1. The molecule has 0 heterocycles. The van der Waals surface area contributed by atoms with Crippen LogP contribution in [0, 0.1) is 10.1 Å². The summed E-state index contributed by atoms with van der Waals surface area (Å²) in [7, 11) is 1.52. The first-order valence-electron chi connectivity index (χ1n) is 4.86. The van der Waals surface area contributed by atoms with Crippen LogP contribution in [0.25, 0.3) is 0 Å². The van der Waals surface area contributed by atoms with Gasteiger partial charge in [0.2, 0.25) is 0 Å². The lowest BCUT2D eigenvalue weighted by Crippen LogP contribution is -2.03. The van der Waals surface area contributed by atoms with Gasteiger partial charge in [-0.05, 0) is 22.4 Å². The fourth-order valence-electron chi connectivity index (χ4n) is 1.25. The molecule has 0 amide bonds. The summed E-state index contributed by atoms with van der Waals surface area (Å²) in [4.78, 5) is 10.4. The topological polar surface area (TPSA) is 64.4 Å². The highest BCUT2D eigenvalue weighted by Gasteiger charge is 2.17. The maximum Gasteiger partial charge on any atom is 0.293 e. The number of nitro groups is 1. The van der Waals surface area contributed by atoms with Crippen molar-refractivity contribution in [3.05, 3.63) is 26.7 Å². The first-order valence-corrected chi connectivity index (χ1v) is 5.65. The molecule has 0 atom stereocenters. The zero-order valence-corrected chi connectivity index (χ0v) is 10.7. The van der Waals surface area contributed by atoms with Crippen molar-refractivity contribution in [1.82, 2.24) is 0 Å². The Morgan fingerprint density at radius 2 is 2.25 bits per heavy atom. The van der Waals surface area contributed by atoms with E-state index in [4.69, 9.17) is 4.74 Å². The van der Waals surface area contributed by atoms with Gasteiger partial charge in [-0.25, -0.2) is 0 Å². The molecule has 0 aliphatic carbocycles. The predicted octanol–water partition coefficient (Wildman–Crippen LogP) is 3.19. The highest BCUT2D eigenvalue weighted by molar-refractivity contribution is 9.10. The van der Waals surface area contributed by atoms with Crippen LogP contribution in [0.2, 0.25) is 0 Å². The Morgan fingerprint density at radius 1 is 1.56 bits per heavy atom. The average molecular weight is 289 g/mol. The maximum atomic E-state index is 10.8. The molecule has 0 aliphatic heterocycles. The van der Waals surface area contributed by atoms with Crippen molar-refractivity contribution in [2.24, 2.45) is 0 Å². The zero-order chi connectivity index (χ0) is 12.1. The number of anilines is 1. The zero-order valence-electron chi connectivity index (χ0n) is 9.12. The monoisotopic (exact) mass is 288 g/mol. The minimum Gasteiger partial charge on any atom is -0.495 e. The first kappa shape index (κ1) is 12.8. The molecule has 1 N–H and O–H groups in total. The Balaban J connectivity index is 3.14. The molecule has 1 aromatic rings. The molecule has 1 rings (SSSR count). The van der Waals surface area contributed by atoms with Gasteiger partial charge in [0.15, 0.2) is 0 Å². The summed E-state index contributed by atoms with van der Waals surface area (Å²) in [5, 5.41) is 13.8. The maximum absolute atomic E-state index is 10.8. The van der Waals surface area contributed by atoms with Crippen LogP contribution in [-0.2, 0) is 0 Å². The van der Waals surface area contributed by atoms with Crippen molar-refractivity contribution >= 4 is 27.3 Å². The molecule has 0 radical (unpaired) electrons. The van der Waals surface area contributed by atoms with E-state index in [1.165, 1.54) is 13.2 Å². The number of nitrogens with one attached hydrogen (secondary N) is 1. The Hall–Kier alpha value is -1.30. The van der Waals surface area contributed by atoms with Crippen LogP contribution in [0.3, 0.4) is 0 Å². The lowest BCUT2D eigenvalue weighted by molar-refractivity contribution is -0.384. The molecule has 0 saturated heterocycles. The number of rotatable bonds is 5. The van der Waals surface area contributed by atoms with Crippen LogP contribution in [-0.4, -0.2) is 18.6 Å². The third kappa shape index (κ3) is 2.85. The summed E-state index contributed by atoms with van der Waals surface area (Å²) < 4.78 is 5.66. The second-order valence-electron chi connectivity index (χ2n) is 3.19. The van der Waals surface area contributed by atoms with Crippen molar-refractivity contribution in [3.63, 3.8) is 0 Å². The van der Waals surface area contributed by atoms with E-state index in [1.54, 1.807) is 6.07 Å². The lowest BCUT2D eigenvalue weighted by Gasteiger charge is -2.09. The standard InChI is InChI=1S/C10H13BrN2O3/c1-3-4-12-8-6-10(16-2)7(11)5-9(8)13(14)15/h5-6,12H,3-4H2,1-2H3. The first-order chi connectivity index (χ1) is 7.60. The van der Waals surface area contributed by atoms with Gasteiger partial charge in [-0.15, -0.1) is 0 Å². The van der Waals surface area contributed by atoms with Gasteiger partial charge in [-0.1, -0.05) is 6.92 Å². The molecule has 6 heteroatoms. The minimum absolute atomic E-state index is 0.0427. The second-order valence-corrected chi connectivity index (χ2v) is 4.04. The van der Waals surface area contributed by atoms with Gasteiger partial charge in [-0.2, -0.15) is 0 Å². The molecular formula is C10H13BrN2O3. The van der Waals surface area contributed by atoms with E-state index in [0.29, 0.717) is 22.5 Å². The molecule has 0 fully saturated rings.